The summed E-state index contributed by atoms with van der Waals surface area (Å²) in [5, 5.41) is 16.6. The van der Waals surface area contributed by atoms with Crippen LogP contribution in [0.1, 0.15) is 71.0 Å². The number of nitrogens with one attached hydrogen (secondary N) is 1. The van der Waals surface area contributed by atoms with Crippen LogP contribution in [0.15, 0.2) is 36.5 Å². The first kappa shape index (κ1) is 33.3. The van der Waals surface area contributed by atoms with Crippen molar-refractivity contribution >= 4 is 62.3 Å². The molecule has 2 bridgehead atoms. The zero-order valence-electron chi connectivity index (χ0n) is 28.4. The summed E-state index contributed by atoms with van der Waals surface area (Å²) in [5.41, 5.74) is 4.45. The molecule has 2 aliphatic carbocycles. The highest BCUT2D eigenvalue weighted by Gasteiger charge is 2.51. The minimum absolute atomic E-state index is 0.0625. The topological polar surface area (TPSA) is 96.1 Å². The summed E-state index contributed by atoms with van der Waals surface area (Å²) in [4.78, 5) is 26.4. The van der Waals surface area contributed by atoms with Crippen LogP contribution in [0.5, 0.6) is 0 Å². The van der Waals surface area contributed by atoms with Gasteiger partial charge in [0.05, 0.1) is 56.3 Å². The summed E-state index contributed by atoms with van der Waals surface area (Å²) < 4.78 is 26.1. The highest BCUT2D eigenvalue weighted by molar-refractivity contribution is 7.11. The number of nitrogens with zero attached hydrogens (tertiary/aromatic N) is 5. The van der Waals surface area contributed by atoms with Crippen LogP contribution >= 0.6 is 34.5 Å². The van der Waals surface area contributed by atoms with Crippen LogP contribution in [0.2, 0.25) is 10.0 Å². The Bertz CT molecular complexity index is 2260. The second-order valence-corrected chi connectivity index (χ2v) is 16.7. The van der Waals surface area contributed by atoms with Gasteiger partial charge in [-0.1, -0.05) is 35.3 Å². The zero-order valence-corrected chi connectivity index (χ0v) is 30.7. The molecule has 6 heterocycles. The Balaban J connectivity index is 1.23. The fourth-order valence-electron chi connectivity index (χ4n) is 8.78. The number of carbonyl (C=O) groups excluding carboxylic acids is 1. The van der Waals surface area contributed by atoms with Crippen molar-refractivity contribution in [3.05, 3.63) is 79.2 Å². The van der Waals surface area contributed by atoms with Gasteiger partial charge in [0.25, 0.3) is 0 Å². The van der Waals surface area contributed by atoms with Crippen LogP contribution in [-0.4, -0.2) is 50.6 Å². The van der Waals surface area contributed by atoms with E-state index in [1.165, 1.54) is 0 Å². The maximum absolute atomic E-state index is 17.2. The summed E-state index contributed by atoms with van der Waals surface area (Å²) in [5.74, 6) is 0.207. The lowest BCUT2D eigenvalue weighted by Gasteiger charge is -2.39. The van der Waals surface area contributed by atoms with Crippen LogP contribution < -0.4 is 5.32 Å². The third-order valence-electron chi connectivity index (χ3n) is 11.4. The van der Waals surface area contributed by atoms with Crippen LogP contribution in [0.25, 0.3) is 32.9 Å². The quantitative estimate of drug-likeness (QED) is 0.163. The molecule has 2 saturated carbocycles. The molecule has 5 fully saturated rings. The fourth-order valence-corrected chi connectivity index (χ4v) is 9.89. The van der Waals surface area contributed by atoms with Crippen molar-refractivity contribution in [3.63, 3.8) is 0 Å². The smallest absolute Gasteiger partial charge is 0.226 e. The molecule has 5 aromatic rings. The molecule has 262 valence electrons. The summed E-state index contributed by atoms with van der Waals surface area (Å²) in [6.45, 7) is 5.84. The Hall–Kier alpha value is -3.59. The Labute approximate surface area is 309 Å². The maximum Gasteiger partial charge on any atom is 0.226 e. The first-order valence-electron chi connectivity index (χ1n) is 17.8. The molecule has 3 aromatic heterocycles. The van der Waals surface area contributed by atoms with E-state index in [0.717, 1.165) is 58.0 Å². The third-order valence-corrected chi connectivity index (χ3v) is 13.1. The van der Waals surface area contributed by atoms with E-state index in [1.807, 2.05) is 26.1 Å². The number of halogens is 3. The van der Waals surface area contributed by atoms with E-state index < -0.39 is 5.82 Å². The molecular formula is C39H37Cl2FN6O2S. The van der Waals surface area contributed by atoms with Crippen molar-refractivity contribution in [2.75, 3.05) is 13.1 Å². The molecule has 5 unspecified atom stereocenters. The average Bonchev–Trinajstić information content (AvgIpc) is 3.55. The molecule has 8 nitrogen and oxygen atoms in total. The molecule has 12 heteroatoms. The van der Waals surface area contributed by atoms with E-state index in [9.17, 15) is 10.1 Å². The lowest BCUT2D eigenvalue weighted by Crippen LogP contribution is -2.41. The molecule has 5 aliphatic rings. The number of rotatable bonds is 9. The SMILES string of the molecule is Cc1ncc(COC2CC(c3cc4c(C)nc5c(F)c(-c6cccc(Cl)c6Cl)c(CCC#N)cc5c4n3C3C4CNC3C4)N(C(=O)C3CC3)C2)s1. The number of nitriles is 1. The second-order valence-electron chi connectivity index (χ2n) is 14.6. The van der Waals surface area contributed by atoms with E-state index in [1.54, 1.807) is 29.5 Å². The minimum Gasteiger partial charge on any atom is -0.371 e. The lowest BCUT2D eigenvalue weighted by molar-refractivity contribution is -0.134. The van der Waals surface area contributed by atoms with Gasteiger partial charge in [0.15, 0.2) is 5.82 Å². The van der Waals surface area contributed by atoms with E-state index in [-0.39, 0.29) is 53.0 Å². The lowest BCUT2D eigenvalue weighted by atomic mass is 9.79. The highest BCUT2D eigenvalue weighted by Crippen LogP contribution is 2.51. The summed E-state index contributed by atoms with van der Waals surface area (Å²) >= 11 is 14.7. The van der Waals surface area contributed by atoms with Gasteiger partial charge in [-0.3, -0.25) is 4.79 Å². The Morgan fingerprint density at radius 3 is 2.75 bits per heavy atom. The fraction of sp³-hybridized carbons (Fsp3) is 0.436. The van der Waals surface area contributed by atoms with Gasteiger partial charge < -0.3 is 19.5 Å². The largest absolute Gasteiger partial charge is 0.371 e. The molecule has 0 spiro atoms. The third kappa shape index (κ3) is 5.55. The number of pyridine rings is 1. The van der Waals surface area contributed by atoms with Crippen molar-refractivity contribution < 1.29 is 13.9 Å². The Morgan fingerprint density at radius 1 is 1.20 bits per heavy atom. The second kappa shape index (κ2) is 12.8. The van der Waals surface area contributed by atoms with Gasteiger partial charge in [-0.15, -0.1) is 11.3 Å². The van der Waals surface area contributed by atoms with Gasteiger partial charge in [-0.25, -0.2) is 14.4 Å². The number of hydrogen-bond donors (Lipinski definition) is 1. The van der Waals surface area contributed by atoms with E-state index in [0.29, 0.717) is 59.0 Å². The highest BCUT2D eigenvalue weighted by atomic mass is 35.5. The normalized spacial score (nSPS) is 24.1. The van der Waals surface area contributed by atoms with Crippen LogP contribution in [0.4, 0.5) is 4.39 Å². The van der Waals surface area contributed by atoms with Crippen LogP contribution in [0.3, 0.4) is 0 Å². The van der Waals surface area contributed by atoms with E-state index in [2.05, 4.69) is 31.9 Å². The van der Waals surface area contributed by atoms with Crippen LogP contribution in [-0.2, 0) is 22.6 Å². The summed E-state index contributed by atoms with van der Waals surface area (Å²) in [6, 6.07) is 11.9. The van der Waals surface area contributed by atoms with Crippen molar-refractivity contribution in [1.82, 2.24) is 24.8 Å². The number of carbonyl (C=O) groups is 1. The predicted molar refractivity (Wildman–Crippen MR) is 197 cm³/mol. The standard InChI is InChI=1S/C39H37Cl2FN6O2S/c1-19-27-14-32(31-13-24(17-47(31)39(49)21-8-9-21)50-18-25-16-44-20(2)51-25)48(37-23-12-30(37)45-15-23)38(27)28-11-22(5-4-10-43)33(35(42)36(28)46-19)26-6-3-7-29(40)34(26)41/h3,6-7,11,14,16,21,23-24,30-31,37,45H,4-5,8-9,12-13,15,17-18H2,1-2H3. The number of benzene rings is 2. The van der Waals surface area contributed by atoms with Crippen molar-refractivity contribution in [2.24, 2.45) is 11.8 Å². The molecule has 51 heavy (non-hydrogen) atoms. The van der Waals surface area contributed by atoms with Gasteiger partial charge in [0, 0.05) is 77.4 Å². The monoisotopic (exact) mass is 742 g/mol. The minimum atomic E-state index is -0.475. The van der Waals surface area contributed by atoms with Gasteiger partial charge in [0.2, 0.25) is 5.91 Å². The molecule has 0 radical (unpaired) electrons. The molecular weight excluding hydrogens is 706 g/mol. The zero-order chi connectivity index (χ0) is 35.1. The molecule has 2 aromatic carbocycles. The number of hydrogen-bond acceptors (Lipinski definition) is 7. The van der Waals surface area contributed by atoms with Gasteiger partial charge in [-0.05, 0) is 69.2 Å². The van der Waals surface area contributed by atoms with Gasteiger partial charge >= 0.3 is 0 Å². The van der Waals surface area contributed by atoms with Crippen molar-refractivity contribution in [2.45, 2.75) is 83.2 Å². The average molecular weight is 744 g/mol. The van der Waals surface area contributed by atoms with Crippen molar-refractivity contribution in [1.29, 1.82) is 5.26 Å². The number of fused-ring (bicyclic) bond motifs is 4. The molecule has 3 saturated heterocycles. The van der Waals surface area contributed by atoms with Crippen molar-refractivity contribution in [3.8, 4) is 17.2 Å². The van der Waals surface area contributed by atoms with Gasteiger partial charge in [-0.2, -0.15) is 5.26 Å². The number of ether oxygens (including phenoxy) is 1. The first-order chi connectivity index (χ1) is 24.7. The number of aryl methyl sites for hydroxylation is 3. The van der Waals surface area contributed by atoms with E-state index in [4.69, 9.17) is 32.9 Å². The van der Waals surface area contributed by atoms with Gasteiger partial charge in [0.1, 0.15) is 5.52 Å². The molecule has 1 amide bonds. The number of thiazole rings is 1. The number of aromatic nitrogens is 3. The maximum atomic E-state index is 17.2. The van der Waals surface area contributed by atoms with Crippen LogP contribution in [0, 0.1) is 42.8 Å². The molecule has 5 atom stereocenters. The predicted octanol–water partition coefficient (Wildman–Crippen LogP) is 8.63. The number of likely N-dealkylation sites (tertiary alicyclic amines) is 1. The first-order valence-corrected chi connectivity index (χ1v) is 19.3. The molecule has 1 N–H and O–H groups in total. The Morgan fingerprint density at radius 2 is 2.04 bits per heavy atom. The summed E-state index contributed by atoms with van der Waals surface area (Å²) in [7, 11) is 0. The summed E-state index contributed by atoms with van der Waals surface area (Å²) in [6.07, 6.45) is 5.89. The molecule has 10 rings (SSSR count). The molecule has 3 aliphatic heterocycles. The Kier molecular flexibility index (Phi) is 8.36. The number of amides is 1. The van der Waals surface area contributed by atoms with E-state index >= 15 is 4.39 Å².